The summed E-state index contributed by atoms with van der Waals surface area (Å²) in [7, 11) is 0. The Kier molecular flexibility index (Phi) is 3.92. The second kappa shape index (κ2) is 5.25. The third kappa shape index (κ3) is 2.92. The molecular formula is C13H18ClNO2. The van der Waals surface area contributed by atoms with Crippen LogP contribution in [0.25, 0.3) is 0 Å². The average Bonchev–Trinajstić information content (AvgIpc) is 2.71. The summed E-state index contributed by atoms with van der Waals surface area (Å²) in [5, 5.41) is 10.4. The highest BCUT2D eigenvalue weighted by molar-refractivity contribution is 6.30. The molecule has 4 heteroatoms. The van der Waals surface area contributed by atoms with Gasteiger partial charge in [0.1, 0.15) is 5.75 Å². The van der Waals surface area contributed by atoms with Gasteiger partial charge >= 0.3 is 0 Å². The van der Waals surface area contributed by atoms with Crippen molar-refractivity contribution in [1.82, 2.24) is 4.90 Å². The van der Waals surface area contributed by atoms with E-state index in [0.29, 0.717) is 36.0 Å². The van der Waals surface area contributed by atoms with Crippen LogP contribution in [0.2, 0.25) is 5.02 Å². The van der Waals surface area contributed by atoms with E-state index in [1.807, 2.05) is 6.07 Å². The third-order valence-corrected chi connectivity index (χ3v) is 3.43. The van der Waals surface area contributed by atoms with Crippen molar-refractivity contribution in [3.05, 3.63) is 28.8 Å². The molecule has 3 nitrogen and oxygen atoms in total. The lowest BCUT2D eigenvalue weighted by molar-refractivity contribution is 0.130. The number of benzene rings is 1. The SMILES string of the molecule is CC(C)[C@H]1COCN1Cc1cc(Cl)ccc1O. The van der Waals surface area contributed by atoms with Crippen molar-refractivity contribution in [3.8, 4) is 5.75 Å². The van der Waals surface area contributed by atoms with Crippen LogP contribution >= 0.6 is 11.6 Å². The Morgan fingerprint density at radius 1 is 1.53 bits per heavy atom. The summed E-state index contributed by atoms with van der Waals surface area (Å²) in [6.45, 7) is 6.43. The lowest BCUT2D eigenvalue weighted by atomic mass is 10.0. The molecule has 0 aromatic heterocycles. The van der Waals surface area contributed by atoms with Crippen molar-refractivity contribution < 1.29 is 9.84 Å². The molecule has 0 unspecified atom stereocenters. The molecule has 1 aromatic carbocycles. The molecule has 0 radical (unpaired) electrons. The minimum atomic E-state index is 0.295. The first-order valence-electron chi connectivity index (χ1n) is 5.87. The number of aromatic hydroxyl groups is 1. The fourth-order valence-electron chi connectivity index (χ4n) is 2.17. The van der Waals surface area contributed by atoms with Crippen LogP contribution in [-0.2, 0) is 11.3 Å². The van der Waals surface area contributed by atoms with Crippen LogP contribution in [0.3, 0.4) is 0 Å². The number of rotatable bonds is 3. The van der Waals surface area contributed by atoms with Gasteiger partial charge in [0.2, 0.25) is 0 Å². The van der Waals surface area contributed by atoms with Crippen LogP contribution in [-0.4, -0.2) is 29.4 Å². The molecule has 0 amide bonds. The first-order chi connectivity index (χ1) is 8.08. The minimum Gasteiger partial charge on any atom is -0.508 e. The molecular weight excluding hydrogens is 238 g/mol. The average molecular weight is 256 g/mol. The second-order valence-electron chi connectivity index (χ2n) is 4.83. The molecule has 1 aromatic rings. The Hall–Kier alpha value is -0.770. The van der Waals surface area contributed by atoms with Gasteiger partial charge in [-0.3, -0.25) is 4.90 Å². The fourth-order valence-corrected chi connectivity index (χ4v) is 2.36. The van der Waals surface area contributed by atoms with Crippen LogP contribution in [0.15, 0.2) is 18.2 Å². The van der Waals surface area contributed by atoms with Crippen molar-refractivity contribution in [2.24, 2.45) is 5.92 Å². The summed E-state index contributed by atoms with van der Waals surface area (Å²) in [6, 6.07) is 5.56. The minimum absolute atomic E-state index is 0.295. The summed E-state index contributed by atoms with van der Waals surface area (Å²) in [5.41, 5.74) is 0.855. The Balaban J connectivity index is 2.12. The van der Waals surface area contributed by atoms with Crippen LogP contribution in [0.4, 0.5) is 0 Å². The summed E-state index contributed by atoms with van der Waals surface area (Å²) < 4.78 is 5.48. The number of hydrogen-bond acceptors (Lipinski definition) is 3. The lowest BCUT2D eigenvalue weighted by Crippen LogP contribution is -2.34. The van der Waals surface area contributed by atoms with E-state index in [2.05, 4.69) is 18.7 Å². The molecule has 0 spiro atoms. The van der Waals surface area contributed by atoms with Crippen molar-refractivity contribution in [2.45, 2.75) is 26.4 Å². The molecule has 0 aliphatic carbocycles. The predicted molar refractivity (Wildman–Crippen MR) is 68.1 cm³/mol. The van der Waals surface area contributed by atoms with Gasteiger partial charge < -0.3 is 9.84 Å². The van der Waals surface area contributed by atoms with E-state index in [1.54, 1.807) is 12.1 Å². The van der Waals surface area contributed by atoms with Crippen molar-refractivity contribution in [1.29, 1.82) is 0 Å². The zero-order valence-electron chi connectivity index (χ0n) is 10.2. The van der Waals surface area contributed by atoms with Gasteiger partial charge in [-0.1, -0.05) is 25.4 Å². The maximum atomic E-state index is 9.79. The molecule has 1 fully saturated rings. The molecule has 1 atom stereocenters. The largest absolute Gasteiger partial charge is 0.508 e. The topological polar surface area (TPSA) is 32.7 Å². The van der Waals surface area contributed by atoms with Crippen LogP contribution in [0, 0.1) is 5.92 Å². The van der Waals surface area contributed by atoms with Crippen molar-refractivity contribution >= 4 is 11.6 Å². The van der Waals surface area contributed by atoms with Gasteiger partial charge in [0.05, 0.1) is 13.3 Å². The normalized spacial score (nSPS) is 21.3. The molecule has 0 bridgehead atoms. The van der Waals surface area contributed by atoms with Gasteiger partial charge in [-0.2, -0.15) is 0 Å². The summed E-state index contributed by atoms with van der Waals surface area (Å²) >= 11 is 5.94. The molecule has 17 heavy (non-hydrogen) atoms. The highest BCUT2D eigenvalue weighted by atomic mass is 35.5. The second-order valence-corrected chi connectivity index (χ2v) is 5.27. The Labute approximate surface area is 107 Å². The highest BCUT2D eigenvalue weighted by Gasteiger charge is 2.28. The van der Waals surface area contributed by atoms with Gasteiger partial charge in [-0.25, -0.2) is 0 Å². The van der Waals surface area contributed by atoms with Crippen molar-refractivity contribution in [3.63, 3.8) is 0 Å². The standard InChI is InChI=1S/C13H18ClNO2/c1-9(2)12-7-17-8-15(12)6-10-5-11(14)3-4-13(10)16/h3-5,9,12,16H,6-8H2,1-2H3/t12-/m1/s1. The molecule has 2 rings (SSSR count). The zero-order valence-corrected chi connectivity index (χ0v) is 10.9. The van der Waals surface area contributed by atoms with Crippen LogP contribution in [0.1, 0.15) is 19.4 Å². The van der Waals surface area contributed by atoms with E-state index in [0.717, 1.165) is 12.2 Å². The number of phenols is 1. The Bertz CT molecular complexity index is 395. The molecule has 1 heterocycles. The van der Waals surface area contributed by atoms with Gasteiger partial charge in [-0.05, 0) is 24.1 Å². The molecule has 94 valence electrons. The molecule has 1 aliphatic rings. The maximum Gasteiger partial charge on any atom is 0.120 e. The van der Waals surface area contributed by atoms with Crippen LogP contribution in [0.5, 0.6) is 5.75 Å². The molecule has 1 aliphatic heterocycles. The van der Waals surface area contributed by atoms with E-state index in [9.17, 15) is 5.11 Å². The first-order valence-corrected chi connectivity index (χ1v) is 6.25. The Morgan fingerprint density at radius 2 is 2.29 bits per heavy atom. The van der Waals surface area contributed by atoms with Crippen LogP contribution < -0.4 is 0 Å². The van der Waals surface area contributed by atoms with E-state index >= 15 is 0 Å². The number of halogens is 1. The zero-order chi connectivity index (χ0) is 12.4. The summed E-state index contributed by atoms with van der Waals surface area (Å²) in [5.74, 6) is 0.836. The first kappa shape index (κ1) is 12.7. The van der Waals surface area contributed by atoms with E-state index in [-0.39, 0.29) is 0 Å². The highest BCUT2D eigenvalue weighted by Crippen LogP contribution is 2.26. The molecule has 1 saturated heterocycles. The quantitative estimate of drug-likeness (QED) is 0.902. The summed E-state index contributed by atoms with van der Waals surface area (Å²) in [4.78, 5) is 2.23. The van der Waals surface area contributed by atoms with Crippen molar-refractivity contribution in [2.75, 3.05) is 13.3 Å². The van der Waals surface area contributed by atoms with Gasteiger partial charge in [0.25, 0.3) is 0 Å². The molecule has 1 N–H and O–H groups in total. The number of nitrogens with zero attached hydrogens (tertiary/aromatic N) is 1. The van der Waals surface area contributed by atoms with Gasteiger partial charge in [0.15, 0.2) is 0 Å². The Morgan fingerprint density at radius 3 is 3.00 bits per heavy atom. The maximum absolute atomic E-state index is 9.79. The smallest absolute Gasteiger partial charge is 0.120 e. The molecule has 0 saturated carbocycles. The third-order valence-electron chi connectivity index (χ3n) is 3.20. The fraction of sp³-hybridized carbons (Fsp3) is 0.538. The van der Waals surface area contributed by atoms with E-state index in [1.165, 1.54) is 0 Å². The van der Waals surface area contributed by atoms with E-state index in [4.69, 9.17) is 16.3 Å². The summed E-state index contributed by atoms with van der Waals surface area (Å²) in [6.07, 6.45) is 0. The lowest BCUT2D eigenvalue weighted by Gasteiger charge is -2.25. The number of ether oxygens (including phenoxy) is 1. The number of hydrogen-bond donors (Lipinski definition) is 1. The predicted octanol–water partition coefficient (Wildman–Crippen LogP) is 2.86. The van der Waals surface area contributed by atoms with E-state index < -0.39 is 0 Å². The van der Waals surface area contributed by atoms with Gasteiger partial charge in [-0.15, -0.1) is 0 Å². The number of phenolic OH excluding ortho intramolecular Hbond substituents is 1. The monoisotopic (exact) mass is 255 g/mol. The van der Waals surface area contributed by atoms with Gasteiger partial charge in [0, 0.05) is 23.2 Å².